The van der Waals surface area contributed by atoms with Crippen LogP contribution in [0.4, 0.5) is 29.7 Å². The lowest BCUT2D eigenvalue weighted by atomic mass is 9.79. The topological polar surface area (TPSA) is 181 Å². The molecule has 18 heteroatoms. The molecule has 3 aromatic carbocycles. The number of carbonyl (C=O) groups excluding carboxylic acids is 4. The predicted molar refractivity (Wildman–Crippen MR) is 276 cm³/mol. The first kappa shape index (κ1) is 51.4. The number of carbonyl (C=O) groups is 4. The zero-order chi connectivity index (χ0) is 51.7. The van der Waals surface area contributed by atoms with Gasteiger partial charge in [-0.25, -0.2) is 28.3 Å². The number of aromatic nitrogens is 4. The van der Waals surface area contributed by atoms with Crippen LogP contribution in [-0.4, -0.2) is 112 Å². The van der Waals surface area contributed by atoms with Gasteiger partial charge in [0.1, 0.15) is 29.4 Å². The number of methoxy groups -OCH3 is 2. The van der Waals surface area contributed by atoms with Crippen molar-refractivity contribution in [1.82, 2.24) is 40.4 Å². The molecule has 4 amide bonds. The number of amides is 4. The second kappa shape index (κ2) is 21.9. The molecule has 4 N–H and O–H groups in total. The molecule has 4 saturated heterocycles. The molecule has 1 unspecified atom stereocenters. The molecule has 0 radical (unpaired) electrons. The lowest BCUT2D eigenvalue weighted by Crippen LogP contribution is -2.51. The quantitative estimate of drug-likeness (QED) is 0.0701. The minimum atomic E-state index is -0.777. The van der Waals surface area contributed by atoms with E-state index in [0.717, 1.165) is 91.9 Å². The second-order valence-corrected chi connectivity index (χ2v) is 21.4. The monoisotopic (exact) mass is 1010 g/mol. The maximum Gasteiger partial charge on any atom is 0.407 e. The first-order valence-electron chi connectivity index (χ1n) is 26.4. The molecule has 392 valence electrons. The number of anilines is 2. The highest BCUT2D eigenvalue weighted by Gasteiger charge is 2.41. The van der Waals surface area contributed by atoms with E-state index in [1.807, 2.05) is 56.9 Å². The average molecular weight is 1010 g/mol. The van der Waals surface area contributed by atoms with Crippen LogP contribution in [0.5, 0.6) is 0 Å². The number of alkyl carbamates (subject to hydrolysis) is 2. The van der Waals surface area contributed by atoms with E-state index in [1.54, 1.807) is 9.80 Å². The Labute approximate surface area is 426 Å². The molecule has 5 aliphatic rings. The van der Waals surface area contributed by atoms with Gasteiger partial charge in [-0.15, -0.1) is 0 Å². The van der Waals surface area contributed by atoms with Crippen LogP contribution in [0.2, 0.25) is 0 Å². The van der Waals surface area contributed by atoms with Crippen LogP contribution in [0.3, 0.4) is 0 Å². The van der Waals surface area contributed by atoms with Crippen molar-refractivity contribution < 1.29 is 37.4 Å². The molecule has 4 aliphatic heterocycles. The van der Waals surface area contributed by atoms with Crippen LogP contribution in [0, 0.1) is 29.4 Å². The second-order valence-electron chi connectivity index (χ2n) is 21.4. The SMILES string of the molecule is CCCCN(Cc1nc2cc([C@H]3CCC(Cc4ccc5[nH]c([C@@H]6CCCN6C(=O)[C@@H](NC(=O)OC)C(C)C)nc5c4)N3c3cc(F)c(N4CC5CCC4CC5)c(F)c3)ccc2[nH]1)C(=O)[C@@H](NC(=O)OC)C(C)C. The highest BCUT2D eigenvalue weighted by Crippen LogP contribution is 2.46. The summed E-state index contributed by atoms with van der Waals surface area (Å²) in [6.07, 6.45) is 8.00. The van der Waals surface area contributed by atoms with Gasteiger partial charge in [0.15, 0.2) is 11.6 Å². The fourth-order valence-electron chi connectivity index (χ4n) is 12.0. The summed E-state index contributed by atoms with van der Waals surface area (Å²) in [6.45, 7) is 11.5. The number of benzene rings is 3. The molecule has 5 aromatic rings. The maximum absolute atomic E-state index is 16.7. The first-order valence-corrected chi connectivity index (χ1v) is 26.4. The van der Waals surface area contributed by atoms with Crippen LogP contribution >= 0.6 is 0 Å². The van der Waals surface area contributed by atoms with Crippen LogP contribution < -0.4 is 20.4 Å². The Bertz CT molecular complexity index is 2780. The number of likely N-dealkylation sites (tertiary alicyclic amines) is 1. The third-order valence-corrected chi connectivity index (χ3v) is 15.8. The number of fused-ring (bicyclic) bond motifs is 5. The molecular weight excluding hydrogens is 935 g/mol. The molecule has 16 nitrogen and oxygen atoms in total. The largest absolute Gasteiger partial charge is 0.453 e. The van der Waals surface area contributed by atoms with Crippen molar-refractivity contribution in [2.75, 3.05) is 43.7 Å². The van der Waals surface area contributed by atoms with Crippen molar-refractivity contribution in [3.63, 3.8) is 0 Å². The summed E-state index contributed by atoms with van der Waals surface area (Å²) in [6, 6.07) is 13.2. The van der Waals surface area contributed by atoms with Gasteiger partial charge in [-0.1, -0.05) is 53.2 Å². The highest BCUT2D eigenvalue weighted by molar-refractivity contribution is 5.87. The molecule has 0 spiro atoms. The number of hydrogen-bond acceptors (Lipinski definition) is 10. The number of halogens is 2. The van der Waals surface area contributed by atoms with E-state index in [9.17, 15) is 19.2 Å². The fourth-order valence-corrected chi connectivity index (χ4v) is 12.0. The summed E-state index contributed by atoms with van der Waals surface area (Å²) in [5, 5.41) is 5.43. The summed E-state index contributed by atoms with van der Waals surface area (Å²) in [4.78, 5) is 76.9. The van der Waals surface area contributed by atoms with Gasteiger partial charge < -0.3 is 49.7 Å². The van der Waals surface area contributed by atoms with Crippen LogP contribution in [0.15, 0.2) is 48.5 Å². The Morgan fingerprint density at radius 1 is 0.795 bits per heavy atom. The van der Waals surface area contributed by atoms with E-state index in [2.05, 4.69) is 44.6 Å². The van der Waals surface area contributed by atoms with Crippen LogP contribution in [-0.2, 0) is 32.0 Å². The number of piperidine rings is 2. The summed E-state index contributed by atoms with van der Waals surface area (Å²) >= 11 is 0. The Hall–Kier alpha value is -6.46. The van der Waals surface area contributed by atoms with Crippen molar-refractivity contribution in [2.45, 2.75) is 148 Å². The Kier molecular flexibility index (Phi) is 15.5. The van der Waals surface area contributed by atoms with E-state index >= 15 is 8.78 Å². The van der Waals surface area contributed by atoms with Gasteiger partial charge in [0.2, 0.25) is 11.8 Å². The molecular formula is C55H72F2N10O6. The molecule has 2 aromatic heterocycles. The van der Waals surface area contributed by atoms with Crippen molar-refractivity contribution in [2.24, 2.45) is 17.8 Å². The molecule has 10 rings (SSSR count). The molecule has 1 aliphatic carbocycles. The van der Waals surface area contributed by atoms with E-state index in [-0.39, 0.29) is 60.0 Å². The predicted octanol–water partition coefficient (Wildman–Crippen LogP) is 9.60. The smallest absolute Gasteiger partial charge is 0.407 e. The van der Waals surface area contributed by atoms with Gasteiger partial charge in [-0.05, 0) is 129 Å². The van der Waals surface area contributed by atoms with Gasteiger partial charge >= 0.3 is 12.2 Å². The molecule has 73 heavy (non-hydrogen) atoms. The standard InChI is InChI=1S/C55H72F2N10O6/c1-8-9-22-64(52(68)48(31(2)3)62-54(70)72-6)30-47-58-41-20-15-35(26-44(41)59-47)45-21-18-37(67(45)38-27-39(56)50(40(57)28-38)66-29-33-12-16-36(66)17-13-33)24-34-14-19-42-43(25-34)61-51(60-42)46-11-10-23-65(46)53(69)49(32(4)5)63-55(71)73-7/h14-15,19-20,25-28,31-33,36-37,45-46,48-49H,8-13,16-18,21-24,29-30H2,1-7H3,(H,58,59)(H,60,61)(H,62,70)(H,63,71)/t33?,36?,37?,45-,46+,48+,49+/m1/s1. The normalized spacial score (nSPS) is 21.6. The summed E-state index contributed by atoms with van der Waals surface area (Å²) in [5.41, 5.74) is 5.62. The van der Waals surface area contributed by atoms with Gasteiger partial charge in [0, 0.05) is 37.4 Å². The molecule has 1 saturated carbocycles. The zero-order valence-corrected chi connectivity index (χ0v) is 43.3. The number of imidazole rings is 2. The molecule has 2 bridgehead atoms. The summed E-state index contributed by atoms with van der Waals surface area (Å²) < 4.78 is 43.0. The Morgan fingerprint density at radius 3 is 2.12 bits per heavy atom. The van der Waals surface area contributed by atoms with Gasteiger partial charge in [-0.2, -0.15) is 0 Å². The number of rotatable bonds is 17. The van der Waals surface area contributed by atoms with Crippen LogP contribution in [0.25, 0.3) is 22.1 Å². The van der Waals surface area contributed by atoms with Gasteiger partial charge in [-0.3, -0.25) is 9.59 Å². The maximum atomic E-state index is 16.7. The van der Waals surface area contributed by atoms with Crippen molar-refractivity contribution in [3.8, 4) is 0 Å². The number of unbranched alkanes of at least 4 members (excludes halogenated alkanes) is 1. The summed E-state index contributed by atoms with van der Waals surface area (Å²) in [5.74, 6) is -0.0949. The third kappa shape index (κ3) is 10.8. The number of nitrogens with one attached hydrogen (secondary N) is 4. The Balaban J connectivity index is 1.00. The lowest BCUT2D eigenvalue weighted by molar-refractivity contribution is -0.136. The minimum absolute atomic E-state index is 0.0740. The number of hydrogen-bond donors (Lipinski definition) is 4. The van der Waals surface area contributed by atoms with E-state index in [1.165, 1.54) is 26.4 Å². The minimum Gasteiger partial charge on any atom is -0.453 e. The van der Waals surface area contributed by atoms with Crippen molar-refractivity contribution >= 4 is 57.4 Å². The van der Waals surface area contributed by atoms with E-state index in [4.69, 9.17) is 19.4 Å². The van der Waals surface area contributed by atoms with E-state index in [0.29, 0.717) is 54.8 Å². The molecule has 6 heterocycles. The fraction of sp³-hybridized carbons (Fsp3) is 0.564. The number of nitrogens with zero attached hydrogens (tertiary/aromatic N) is 6. The Morgan fingerprint density at radius 2 is 1.47 bits per heavy atom. The third-order valence-electron chi connectivity index (χ3n) is 15.8. The molecule has 5 fully saturated rings. The van der Waals surface area contributed by atoms with Crippen molar-refractivity contribution in [1.29, 1.82) is 0 Å². The zero-order valence-electron chi connectivity index (χ0n) is 43.3. The van der Waals surface area contributed by atoms with Gasteiger partial charge in [0.25, 0.3) is 0 Å². The van der Waals surface area contributed by atoms with Crippen molar-refractivity contribution in [3.05, 3.63) is 82.9 Å². The lowest BCUT2D eigenvalue weighted by Gasteiger charge is -2.47. The van der Waals surface area contributed by atoms with Crippen LogP contribution in [0.1, 0.15) is 134 Å². The molecule has 5 atom stereocenters. The number of ether oxygens (including phenoxy) is 2. The average Bonchev–Trinajstić information content (AvgIpc) is 4.21. The van der Waals surface area contributed by atoms with Gasteiger partial charge in [0.05, 0.1) is 54.9 Å². The first-order chi connectivity index (χ1) is 35.1. The van der Waals surface area contributed by atoms with E-state index < -0.39 is 35.9 Å². The number of H-pyrrole nitrogens is 2. The summed E-state index contributed by atoms with van der Waals surface area (Å²) in [7, 11) is 2.56. The highest BCUT2D eigenvalue weighted by atomic mass is 19.1. The number of aromatic amines is 2.